The molecule has 138 valence electrons. The summed E-state index contributed by atoms with van der Waals surface area (Å²) in [4.78, 5) is 11.5. The Labute approximate surface area is 144 Å². The molecule has 0 heterocycles. The van der Waals surface area contributed by atoms with E-state index in [2.05, 4.69) is 40.8 Å². The smallest absolute Gasteiger partial charge is 0.305 e. The summed E-state index contributed by atoms with van der Waals surface area (Å²) in [6.07, 6.45) is 6.25. The largest absolute Gasteiger partial charge is 0.463 e. The molecule has 0 spiro atoms. The molecule has 0 N–H and O–H groups in total. The number of esters is 1. The molecule has 0 fully saturated rings. The lowest BCUT2D eigenvalue weighted by Crippen LogP contribution is -2.41. The summed E-state index contributed by atoms with van der Waals surface area (Å²) >= 11 is 0. The SMILES string of the molecule is CCCCCCCC(=O)OCCOCCO[Si](C)(C)C(C)(C)C. The highest BCUT2D eigenvalue weighted by Gasteiger charge is 2.36. The Morgan fingerprint density at radius 1 is 0.913 bits per heavy atom. The van der Waals surface area contributed by atoms with Gasteiger partial charge >= 0.3 is 5.97 Å². The predicted octanol–water partition coefficient (Wildman–Crippen LogP) is 4.93. The summed E-state index contributed by atoms with van der Waals surface area (Å²) in [5.74, 6) is -0.109. The van der Waals surface area contributed by atoms with E-state index < -0.39 is 8.32 Å². The topological polar surface area (TPSA) is 44.8 Å². The van der Waals surface area contributed by atoms with Crippen LogP contribution in [0.5, 0.6) is 0 Å². The average Bonchev–Trinajstić information content (AvgIpc) is 2.44. The Hall–Kier alpha value is -0.393. The van der Waals surface area contributed by atoms with Crippen LogP contribution in [0.3, 0.4) is 0 Å². The molecule has 0 radical (unpaired) electrons. The molecule has 23 heavy (non-hydrogen) atoms. The molecule has 0 atom stereocenters. The summed E-state index contributed by atoms with van der Waals surface area (Å²) in [5.41, 5.74) is 0. The molecule has 0 aliphatic heterocycles. The minimum Gasteiger partial charge on any atom is -0.463 e. The number of carbonyl (C=O) groups is 1. The maximum absolute atomic E-state index is 11.5. The standard InChI is InChI=1S/C18H38O4Si/c1-7-8-9-10-11-12-17(19)21-15-13-20-14-16-22-23(5,6)18(2,3)4/h7-16H2,1-6H3. The molecule has 5 heteroatoms. The van der Waals surface area contributed by atoms with Crippen molar-refractivity contribution in [1.29, 1.82) is 0 Å². The van der Waals surface area contributed by atoms with Crippen molar-refractivity contribution in [1.82, 2.24) is 0 Å². The highest BCUT2D eigenvalue weighted by Crippen LogP contribution is 2.36. The van der Waals surface area contributed by atoms with Gasteiger partial charge < -0.3 is 13.9 Å². The van der Waals surface area contributed by atoms with Gasteiger partial charge in [-0.2, -0.15) is 0 Å². The molecule has 0 aliphatic rings. The van der Waals surface area contributed by atoms with Gasteiger partial charge in [-0.1, -0.05) is 53.4 Å². The lowest BCUT2D eigenvalue weighted by molar-refractivity contribution is -0.145. The van der Waals surface area contributed by atoms with Gasteiger partial charge in [0.15, 0.2) is 8.32 Å². The first-order chi connectivity index (χ1) is 10.7. The number of carbonyl (C=O) groups excluding carboxylic acids is 1. The molecule has 0 saturated heterocycles. The van der Waals surface area contributed by atoms with Crippen molar-refractivity contribution in [2.75, 3.05) is 26.4 Å². The molecule has 0 amide bonds. The zero-order chi connectivity index (χ0) is 17.8. The van der Waals surface area contributed by atoms with E-state index in [1.165, 1.54) is 19.3 Å². The third kappa shape index (κ3) is 11.7. The maximum Gasteiger partial charge on any atom is 0.305 e. The molecule has 0 saturated carbocycles. The molecule has 4 nitrogen and oxygen atoms in total. The Balaban J connectivity index is 3.47. The second kappa shape index (κ2) is 12.0. The summed E-state index contributed by atoms with van der Waals surface area (Å²) in [5, 5.41) is 0.222. The molecular weight excluding hydrogens is 308 g/mol. The Kier molecular flexibility index (Phi) is 11.8. The normalized spacial score (nSPS) is 12.4. The van der Waals surface area contributed by atoms with E-state index in [4.69, 9.17) is 13.9 Å². The average molecular weight is 347 g/mol. The summed E-state index contributed by atoms with van der Waals surface area (Å²) in [7, 11) is -1.68. The van der Waals surface area contributed by atoms with Gasteiger partial charge in [-0.3, -0.25) is 4.79 Å². The van der Waals surface area contributed by atoms with E-state index in [-0.39, 0.29) is 11.0 Å². The van der Waals surface area contributed by atoms with Crippen LogP contribution in [0.25, 0.3) is 0 Å². The first kappa shape index (κ1) is 22.6. The Morgan fingerprint density at radius 2 is 1.52 bits per heavy atom. The monoisotopic (exact) mass is 346 g/mol. The quantitative estimate of drug-likeness (QED) is 0.269. The van der Waals surface area contributed by atoms with Crippen molar-refractivity contribution >= 4 is 14.3 Å². The van der Waals surface area contributed by atoms with Gasteiger partial charge in [-0.15, -0.1) is 0 Å². The fraction of sp³-hybridized carbons (Fsp3) is 0.944. The third-order valence-corrected chi connectivity index (χ3v) is 9.01. The first-order valence-electron chi connectivity index (χ1n) is 9.08. The van der Waals surface area contributed by atoms with Gasteiger partial charge in [0.2, 0.25) is 0 Å². The van der Waals surface area contributed by atoms with Gasteiger partial charge in [0.1, 0.15) is 6.61 Å². The highest BCUT2D eigenvalue weighted by molar-refractivity contribution is 6.74. The van der Waals surface area contributed by atoms with Crippen LogP contribution in [0.2, 0.25) is 18.1 Å². The molecule has 0 aliphatic carbocycles. The number of hydrogen-bond donors (Lipinski definition) is 0. The highest BCUT2D eigenvalue weighted by atomic mass is 28.4. The number of unbranched alkanes of at least 4 members (excludes halogenated alkanes) is 4. The van der Waals surface area contributed by atoms with Crippen molar-refractivity contribution in [3.05, 3.63) is 0 Å². The van der Waals surface area contributed by atoms with E-state index in [0.717, 1.165) is 12.8 Å². The first-order valence-corrected chi connectivity index (χ1v) is 12.0. The van der Waals surface area contributed by atoms with Crippen LogP contribution in [0.4, 0.5) is 0 Å². The fourth-order valence-corrected chi connectivity index (χ4v) is 2.86. The molecule has 0 rings (SSSR count). The van der Waals surface area contributed by atoms with E-state index in [1.54, 1.807) is 0 Å². The fourth-order valence-electron chi connectivity index (χ4n) is 1.83. The van der Waals surface area contributed by atoms with Gasteiger partial charge in [-0.25, -0.2) is 0 Å². The van der Waals surface area contributed by atoms with Crippen LogP contribution in [0.15, 0.2) is 0 Å². The van der Waals surface area contributed by atoms with Crippen molar-refractivity contribution in [2.45, 2.75) is 84.4 Å². The van der Waals surface area contributed by atoms with Crippen LogP contribution in [0, 0.1) is 0 Å². The van der Waals surface area contributed by atoms with E-state index in [0.29, 0.717) is 32.8 Å². The number of rotatable bonds is 13. The lowest BCUT2D eigenvalue weighted by atomic mass is 10.1. The lowest BCUT2D eigenvalue weighted by Gasteiger charge is -2.36. The zero-order valence-electron chi connectivity index (χ0n) is 16.2. The van der Waals surface area contributed by atoms with Crippen molar-refractivity contribution < 1.29 is 18.7 Å². The van der Waals surface area contributed by atoms with Gasteiger partial charge in [0, 0.05) is 6.42 Å². The van der Waals surface area contributed by atoms with Crippen LogP contribution in [-0.4, -0.2) is 40.7 Å². The Morgan fingerprint density at radius 3 is 2.13 bits per heavy atom. The third-order valence-electron chi connectivity index (χ3n) is 4.47. The van der Waals surface area contributed by atoms with E-state index in [9.17, 15) is 4.79 Å². The van der Waals surface area contributed by atoms with Crippen molar-refractivity contribution in [2.24, 2.45) is 0 Å². The number of ether oxygens (including phenoxy) is 2. The second-order valence-electron chi connectivity index (χ2n) is 7.61. The molecule has 0 aromatic carbocycles. The molecule has 0 aromatic heterocycles. The summed E-state index contributed by atoms with van der Waals surface area (Å²) < 4.78 is 16.6. The van der Waals surface area contributed by atoms with Gasteiger partial charge in [-0.05, 0) is 24.6 Å². The summed E-state index contributed by atoms with van der Waals surface area (Å²) in [6, 6.07) is 0. The van der Waals surface area contributed by atoms with Crippen molar-refractivity contribution in [3.8, 4) is 0 Å². The molecule has 0 unspecified atom stereocenters. The molecule has 0 bridgehead atoms. The predicted molar refractivity (Wildman–Crippen MR) is 98.3 cm³/mol. The van der Waals surface area contributed by atoms with E-state index in [1.807, 2.05) is 0 Å². The Bertz CT molecular complexity index is 311. The summed E-state index contributed by atoms with van der Waals surface area (Å²) in [6.45, 7) is 15.3. The maximum atomic E-state index is 11.5. The van der Waals surface area contributed by atoms with Crippen LogP contribution < -0.4 is 0 Å². The minimum absolute atomic E-state index is 0.109. The zero-order valence-corrected chi connectivity index (χ0v) is 17.2. The number of hydrogen-bond acceptors (Lipinski definition) is 4. The minimum atomic E-state index is -1.68. The van der Waals surface area contributed by atoms with Crippen LogP contribution >= 0.6 is 0 Å². The van der Waals surface area contributed by atoms with E-state index >= 15 is 0 Å². The van der Waals surface area contributed by atoms with Crippen LogP contribution in [-0.2, 0) is 18.7 Å². The van der Waals surface area contributed by atoms with Crippen molar-refractivity contribution in [3.63, 3.8) is 0 Å². The van der Waals surface area contributed by atoms with Gasteiger partial charge in [0.25, 0.3) is 0 Å². The molecular formula is C18H38O4Si. The second-order valence-corrected chi connectivity index (χ2v) is 12.4. The van der Waals surface area contributed by atoms with Crippen LogP contribution in [0.1, 0.15) is 66.2 Å². The van der Waals surface area contributed by atoms with Gasteiger partial charge in [0.05, 0.1) is 19.8 Å². The molecule has 0 aromatic rings.